The minimum Gasteiger partial charge on any atom is -0.384 e. The molecule has 0 aliphatic carbocycles. The van der Waals surface area contributed by atoms with Gasteiger partial charge in [0.15, 0.2) is 0 Å². The number of nitrogens with one attached hydrogen (secondary N) is 2. The van der Waals surface area contributed by atoms with E-state index in [4.69, 9.17) is 4.74 Å². The first-order valence-corrected chi connectivity index (χ1v) is 7.97. The van der Waals surface area contributed by atoms with Gasteiger partial charge in [0.05, 0.1) is 11.6 Å². The lowest BCUT2D eigenvalue weighted by atomic mass is 9.79. The van der Waals surface area contributed by atoms with Crippen molar-refractivity contribution in [1.29, 1.82) is 0 Å². The summed E-state index contributed by atoms with van der Waals surface area (Å²) in [6.07, 6.45) is 5.11. The summed E-state index contributed by atoms with van der Waals surface area (Å²) in [7, 11) is 1.73. The van der Waals surface area contributed by atoms with Crippen LogP contribution in [-0.4, -0.2) is 44.2 Å². The molecule has 1 fully saturated rings. The minimum absolute atomic E-state index is 0. The molecular weight excluding hydrogens is 345 g/mol. The Morgan fingerprint density at radius 3 is 2.77 bits per heavy atom. The van der Waals surface area contributed by atoms with Crippen molar-refractivity contribution >= 4 is 42.1 Å². The Morgan fingerprint density at radius 2 is 2.18 bits per heavy atom. The van der Waals surface area contributed by atoms with Crippen molar-refractivity contribution in [3.05, 3.63) is 16.6 Å². The van der Waals surface area contributed by atoms with Crippen molar-refractivity contribution in [2.45, 2.75) is 25.7 Å². The van der Waals surface area contributed by atoms with E-state index in [2.05, 4.69) is 15.6 Å². The van der Waals surface area contributed by atoms with Crippen molar-refractivity contribution in [2.24, 2.45) is 5.41 Å². The molecule has 0 radical (unpaired) electrons. The van der Waals surface area contributed by atoms with Gasteiger partial charge in [-0.25, -0.2) is 4.98 Å². The summed E-state index contributed by atoms with van der Waals surface area (Å²) < 4.78 is 5.35. The number of aromatic nitrogens is 1. The van der Waals surface area contributed by atoms with Crippen molar-refractivity contribution in [3.8, 4) is 0 Å². The predicted octanol–water partition coefficient (Wildman–Crippen LogP) is 2.05. The molecule has 1 aromatic heterocycles. The van der Waals surface area contributed by atoms with Crippen LogP contribution in [0.2, 0.25) is 0 Å². The number of ether oxygens (including phenoxy) is 1. The first-order chi connectivity index (χ1) is 9.74. The van der Waals surface area contributed by atoms with E-state index in [1.54, 1.807) is 24.6 Å². The Morgan fingerprint density at radius 1 is 1.45 bits per heavy atom. The summed E-state index contributed by atoms with van der Waals surface area (Å²) in [4.78, 5) is 16.1. The smallest absolute Gasteiger partial charge is 0.220 e. The maximum absolute atomic E-state index is 11.9. The van der Waals surface area contributed by atoms with E-state index in [0.29, 0.717) is 19.6 Å². The molecule has 128 valence electrons. The highest BCUT2D eigenvalue weighted by atomic mass is 35.5. The predicted molar refractivity (Wildman–Crippen MR) is 94.4 cm³/mol. The van der Waals surface area contributed by atoms with E-state index in [9.17, 15) is 4.79 Å². The molecule has 1 amide bonds. The van der Waals surface area contributed by atoms with Crippen molar-refractivity contribution in [1.82, 2.24) is 15.6 Å². The second-order valence-electron chi connectivity index (χ2n) is 5.39. The average Bonchev–Trinajstić information content (AvgIpc) is 2.98. The fraction of sp³-hybridized carbons (Fsp3) is 0.714. The number of nitrogens with zero attached hydrogens (tertiary/aromatic N) is 1. The van der Waals surface area contributed by atoms with Crippen LogP contribution in [0.5, 0.6) is 0 Å². The topological polar surface area (TPSA) is 63.2 Å². The van der Waals surface area contributed by atoms with Crippen LogP contribution in [0.15, 0.2) is 11.6 Å². The van der Waals surface area contributed by atoms with Crippen molar-refractivity contribution in [2.75, 3.05) is 33.4 Å². The molecular formula is C14H25Cl2N3O2S. The minimum atomic E-state index is 0. The Hall–Kier alpha value is -0.400. The van der Waals surface area contributed by atoms with Gasteiger partial charge in [-0.3, -0.25) is 4.79 Å². The molecule has 0 aromatic carbocycles. The van der Waals surface area contributed by atoms with Gasteiger partial charge in [0.2, 0.25) is 5.91 Å². The molecule has 5 nitrogen and oxygen atoms in total. The number of hydrogen-bond acceptors (Lipinski definition) is 5. The van der Waals surface area contributed by atoms with Crippen LogP contribution in [0.4, 0.5) is 0 Å². The van der Waals surface area contributed by atoms with E-state index >= 15 is 0 Å². The Balaban J connectivity index is 0.00000220. The third kappa shape index (κ3) is 6.79. The molecule has 22 heavy (non-hydrogen) atoms. The lowest BCUT2D eigenvalue weighted by Gasteiger charge is -2.37. The van der Waals surface area contributed by atoms with Crippen molar-refractivity contribution in [3.63, 3.8) is 0 Å². The van der Waals surface area contributed by atoms with E-state index in [1.165, 1.54) is 0 Å². The SMILES string of the molecule is COCC1(CNC(=O)CCc2nccs2)CCNCC1.Cl.Cl. The summed E-state index contributed by atoms with van der Waals surface area (Å²) in [6, 6.07) is 0. The number of rotatable bonds is 7. The fourth-order valence-corrected chi connectivity index (χ4v) is 3.23. The molecule has 1 aliphatic heterocycles. The molecule has 0 saturated carbocycles. The summed E-state index contributed by atoms with van der Waals surface area (Å²) in [5.41, 5.74) is 0.0941. The molecule has 1 aliphatic rings. The molecule has 0 unspecified atom stereocenters. The van der Waals surface area contributed by atoms with Crippen LogP contribution in [0, 0.1) is 5.41 Å². The number of piperidine rings is 1. The van der Waals surface area contributed by atoms with Gasteiger partial charge in [-0.2, -0.15) is 0 Å². The number of carbonyl (C=O) groups excluding carboxylic acids is 1. The van der Waals surface area contributed by atoms with Crippen LogP contribution in [0.25, 0.3) is 0 Å². The van der Waals surface area contributed by atoms with E-state index in [1.807, 2.05) is 5.38 Å². The molecule has 1 saturated heterocycles. The number of halogens is 2. The molecule has 0 atom stereocenters. The highest BCUT2D eigenvalue weighted by molar-refractivity contribution is 7.09. The van der Waals surface area contributed by atoms with Gasteiger partial charge >= 0.3 is 0 Å². The second kappa shape index (κ2) is 11.2. The lowest BCUT2D eigenvalue weighted by Crippen LogP contribution is -2.47. The monoisotopic (exact) mass is 369 g/mol. The van der Waals surface area contributed by atoms with Gasteiger partial charge in [0.25, 0.3) is 0 Å². The first kappa shape index (κ1) is 21.6. The van der Waals surface area contributed by atoms with Gasteiger partial charge in [-0.1, -0.05) is 0 Å². The molecule has 2 rings (SSSR count). The molecule has 2 heterocycles. The van der Waals surface area contributed by atoms with Gasteiger partial charge in [-0.05, 0) is 25.9 Å². The summed E-state index contributed by atoms with van der Waals surface area (Å²) in [6.45, 7) is 3.41. The Labute approximate surface area is 148 Å². The van der Waals surface area contributed by atoms with Crippen LogP contribution in [-0.2, 0) is 16.0 Å². The summed E-state index contributed by atoms with van der Waals surface area (Å²) >= 11 is 1.60. The standard InChI is InChI=1S/C14H23N3O2S.2ClH/c1-19-11-14(4-6-15-7-5-14)10-17-12(18)2-3-13-16-8-9-20-13;;/h8-9,15H,2-7,10-11H2,1H3,(H,17,18);2*1H. The van der Waals surface area contributed by atoms with Crippen LogP contribution >= 0.6 is 36.2 Å². The quantitative estimate of drug-likeness (QED) is 0.771. The normalized spacial score (nSPS) is 16.2. The number of amides is 1. The first-order valence-electron chi connectivity index (χ1n) is 7.09. The zero-order chi connectivity index (χ0) is 14.3. The number of methoxy groups -OCH3 is 1. The largest absolute Gasteiger partial charge is 0.384 e. The van der Waals surface area contributed by atoms with Crippen LogP contribution in [0.3, 0.4) is 0 Å². The van der Waals surface area contributed by atoms with Crippen molar-refractivity contribution < 1.29 is 9.53 Å². The van der Waals surface area contributed by atoms with Gasteiger partial charge < -0.3 is 15.4 Å². The second-order valence-corrected chi connectivity index (χ2v) is 6.36. The highest BCUT2D eigenvalue weighted by Crippen LogP contribution is 2.28. The zero-order valence-electron chi connectivity index (χ0n) is 12.8. The maximum atomic E-state index is 11.9. The molecule has 2 N–H and O–H groups in total. The average molecular weight is 370 g/mol. The molecule has 0 spiro atoms. The summed E-state index contributed by atoms with van der Waals surface area (Å²) in [5, 5.41) is 9.39. The molecule has 1 aromatic rings. The number of carbonyl (C=O) groups is 1. The number of aryl methyl sites for hydroxylation is 1. The molecule has 8 heteroatoms. The third-order valence-corrected chi connectivity index (χ3v) is 4.66. The number of thiazole rings is 1. The Kier molecular flexibility index (Phi) is 11.0. The summed E-state index contributed by atoms with van der Waals surface area (Å²) in [5.74, 6) is 0.106. The van der Waals surface area contributed by atoms with Gasteiger partial charge in [0, 0.05) is 43.5 Å². The maximum Gasteiger partial charge on any atom is 0.220 e. The third-order valence-electron chi connectivity index (χ3n) is 3.82. The van der Waals surface area contributed by atoms with Gasteiger partial charge in [0.1, 0.15) is 0 Å². The van der Waals surface area contributed by atoms with E-state index in [0.717, 1.165) is 37.4 Å². The lowest BCUT2D eigenvalue weighted by molar-refractivity contribution is -0.122. The van der Waals surface area contributed by atoms with E-state index in [-0.39, 0.29) is 36.1 Å². The van der Waals surface area contributed by atoms with Gasteiger partial charge in [-0.15, -0.1) is 36.2 Å². The fourth-order valence-electron chi connectivity index (χ4n) is 2.61. The van der Waals surface area contributed by atoms with Crippen LogP contribution in [0.1, 0.15) is 24.3 Å². The Bertz CT molecular complexity index is 407. The number of hydrogen-bond donors (Lipinski definition) is 2. The zero-order valence-corrected chi connectivity index (χ0v) is 15.2. The molecule has 0 bridgehead atoms. The van der Waals surface area contributed by atoms with Crippen LogP contribution < -0.4 is 10.6 Å². The highest BCUT2D eigenvalue weighted by Gasteiger charge is 2.32. The van der Waals surface area contributed by atoms with E-state index < -0.39 is 0 Å².